The van der Waals surface area contributed by atoms with Crippen molar-refractivity contribution in [3.8, 4) is 33.4 Å². The van der Waals surface area contributed by atoms with Gasteiger partial charge in [0.05, 0.1) is 0 Å². The topological polar surface area (TPSA) is 0 Å². The van der Waals surface area contributed by atoms with Crippen LogP contribution in [0.2, 0.25) is 0 Å². The Hall–Kier alpha value is -3.73. The van der Waals surface area contributed by atoms with E-state index in [1.165, 1.54) is 0 Å². The minimum Gasteiger partial charge on any atom is -0.209 e. The number of allylic oxidation sites excluding steroid dienone is 1. The van der Waals surface area contributed by atoms with Crippen LogP contribution in [0, 0.1) is 17.5 Å². The molecule has 5 heteroatoms. The molecule has 0 fully saturated rings. The lowest BCUT2D eigenvalue weighted by Gasteiger charge is -2.08. The van der Waals surface area contributed by atoms with Crippen LogP contribution >= 0.6 is 0 Å². The van der Waals surface area contributed by atoms with E-state index >= 15 is 0 Å². The molecular formula is C28H19F5. The van der Waals surface area contributed by atoms with Gasteiger partial charge in [0.1, 0.15) is 5.83 Å². The highest BCUT2D eigenvalue weighted by molar-refractivity contribution is 5.74. The number of rotatable bonds is 5. The van der Waals surface area contributed by atoms with Crippen LogP contribution in [-0.4, -0.2) is 0 Å². The van der Waals surface area contributed by atoms with Crippen molar-refractivity contribution in [2.45, 2.75) is 13.3 Å². The summed E-state index contributed by atoms with van der Waals surface area (Å²) < 4.78 is 67.6. The smallest absolute Gasteiger partial charge is 0.194 e. The third-order valence-electron chi connectivity index (χ3n) is 5.44. The first kappa shape index (κ1) is 22.5. The van der Waals surface area contributed by atoms with E-state index in [4.69, 9.17) is 0 Å². The van der Waals surface area contributed by atoms with Crippen molar-refractivity contribution in [1.82, 2.24) is 0 Å². The molecule has 33 heavy (non-hydrogen) atoms. The Kier molecular flexibility index (Phi) is 6.40. The predicted octanol–water partition coefficient (Wildman–Crippen LogP) is 9.12. The molecule has 4 aromatic carbocycles. The van der Waals surface area contributed by atoms with Crippen molar-refractivity contribution in [3.05, 3.63) is 114 Å². The fraction of sp³-hybridized carbons (Fsp3) is 0.0714. The van der Waals surface area contributed by atoms with Crippen LogP contribution in [0.5, 0.6) is 0 Å². The van der Waals surface area contributed by atoms with Crippen molar-refractivity contribution in [2.24, 2.45) is 0 Å². The van der Waals surface area contributed by atoms with Gasteiger partial charge in [-0.25, -0.2) is 22.0 Å². The zero-order valence-electron chi connectivity index (χ0n) is 17.7. The molecule has 0 unspecified atom stereocenters. The molecule has 166 valence electrons. The van der Waals surface area contributed by atoms with E-state index in [1.807, 2.05) is 36.4 Å². The second-order valence-corrected chi connectivity index (χ2v) is 7.56. The van der Waals surface area contributed by atoms with Crippen LogP contribution in [-0.2, 0) is 0 Å². The maximum atomic E-state index is 13.9. The average Bonchev–Trinajstić information content (AvgIpc) is 2.86. The van der Waals surface area contributed by atoms with Crippen molar-refractivity contribution in [1.29, 1.82) is 0 Å². The molecule has 0 bridgehead atoms. The summed E-state index contributed by atoms with van der Waals surface area (Å²) in [6.45, 7) is 1.56. The van der Waals surface area contributed by atoms with Gasteiger partial charge in [0.25, 0.3) is 0 Å². The largest absolute Gasteiger partial charge is 0.209 e. The van der Waals surface area contributed by atoms with Gasteiger partial charge in [-0.3, -0.25) is 0 Å². The Labute approximate surface area is 188 Å². The van der Waals surface area contributed by atoms with E-state index in [9.17, 15) is 22.0 Å². The SMILES string of the molecule is CC/C(F)=C(\F)c1ccc(-c2ccc(-c3ccc(-c4cc(F)c(F)c(F)c4)cc3)cc2)cc1. The summed E-state index contributed by atoms with van der Waals surface area (Å²) in [7, 11) is 0. The van der Waals surface area contributed by atoms with Crippen molar-refractivity contribution in [2.75, 3.05) is 0 Å². The second kappa shape index (κ2) is 9.41. The van der Waals surface area contributed by atoms with Crippen LogP contribution < -0.4 is 0 Å². The van der Waals surface area contributed by atoms with Gasteiger partial charge in [0, 0.05) is 5.56 Å². The highest BCUT2D eigenvalue weighted by Gasteiger charge is 2.12. The average molecular weight is 450 g/mol. The number of halogens is 5. The Bertz CT molecular complexity index is 1280. The van der Waals surface area contributed by atoms with Gasteiger partial charge in [-0.15, -0.1) is 0 Å². The predicted molar refractivity (Wildman–Crippen MR) is 122 cm³/mol. The molecule has 0 aromatic heterocycles. The van der Waals surface area contributed by atoms with E-state index in [1.54, 1.807) is 43.3 Å². The fourth-order valence-electron chi connectivity index (χ4n) is 3.55. The van der Waals surface area contributed by atoms with Crippen molar-refractivity contribution in [3.63, 3.8) is 0 Å². The molecule has 0 aliphatic carbocycles. The monoisotopic (exact) mass is 450 g/mol. The summed E-state index contributed by atoms with van der Waals surface area (Å²) in [6.07, 6.45) is 0.00764. The molecule has 0 atom stereocenters. The van der Waals surface area contributed by atoms with Crippen molar-refractivity contribution < 1.29 is 22.0 Å². The van der Waals surface area contributed by atoms with Gasteiger partial charge in [-0.05, 0) is 51.9 Å². The third kappa shape index (κ3) is 4.72. The summed E-state index contributed by atoms with van der Waals surface area (Å²) >= 11 is 0. The lowest BCUT2D eigenvalue weighted by Crippen LogP contribution is -1.91. The molecule has 0 heterocycles. The maximum absolute atomic E-state index is 13.9. The Morgan fingerprint density at radius 1 is 0.545 bits per heavy atom. The van der Waals surface area contributed by atoms with Gasteiger partial charge in [0.15, 0.2) is 23.3 Å². The zero-order chi connectivity index (χ0) is 23.5. The molecule has 4 rings (SSSR count). The summed E-state index contributed by atoms with van der Waals surface area (Å²) in [5.41, 5.74) is 4.63. The van der Waals surface area contributed by atoms with Crippen LogP contribution in [0.15, 0.2) is 90.8 Å². The Morgan fingerprint density at radius 3 is 1.24 bits per heavy atom. The molecule has 0 spiro atoms. The molecule has 0 aliphatic rings. The van der Waals surface area contributed by atoms with Gasteiger partial charge >= 0.3 is 0 Å². The highest BCUT2D eigenvalue weighted by atomic mass is 19.2. The Morgan fingerprint density at radius 2 is 0.879 bits per heavy atom. The summed E-state index contributed by atoms with van der Waals surface area (Å²) in [4.78, 5) is 0. The van der Waals surface area contributed by atoms with Crippen LogP contribution in [0.3, 0.4) is 0 Å². The summed E-state index contributed by atoms with van der Waals surface area (Å²) in [6, 6.07) is 23.2. The number of benzene rings is 4. The number of hydrogen-bond acceptors (Lipinski definition) is 0. The fourth-order valence-corrected chi connectivity index (χ4v) is 3.55. The molecule has 0 aliphatic heterocycles. The quantitative estimate of drug-likeness (QED) is 0.210. The van der Waals surface area contributed by atoms with E-state index in [-0.39, 0.29) is 17.5 Å². The lowest BCUT2D eigenvalue weighted by molar-refractivity contribution is 0.448. The standard InChI is InChI=1S/C28H19F5/c1-2-24(29)27(32)22-13-11-20(12-14-22)18-5-3-17(4-6-18)19-7-9-21(10-8-19)23-15-25(30)28(33)26(31)16-23/h3-16H,2H2,1H3/b27-24+. The molecule has 0 saturated heterocycles. The maximum Gasteiger partial charge on any atom is 0.194 e. The zero-order valence-corrected chi connectivity index (χ0v) is 17.7. The molecule has 4 aromatic rings. The van der Waals surface area contributed by atoms with Crippen LogP contribution in [0.25, 0.3) is 39.2 Å². The minimum absolute atomic E-state index is 0.00764. The molecule has 0 N–H and O–H groups in total. The van der Waals surface area contributed by atoms with Crippen molar-refractivity contribution >= 4 is 5.83 Å². The first-order valence-corrected chi connectivity index (χ1v) is 10.4. The van der Waals surface area contributed by atoms with Crippen LogP contribution in [0.1, 0.15) is 18.9 Å². The first-order valence-electron chi connectivity index (χ1n) is 10.4. The molecular weight excluding hydrogens is 431 g/mol. The minimum atomic E-state index is -1.49. The normalized spacial score (nSPS) is 11.9. The van der Waals surface area contributed by atoms with Gasteiger partial charge in [-0.1, -0.05) is 79.7 Å². The van der Waals surface area contributed by atoms with Gasteiger partial charge < -0.3 is 0 Å². The van der Waals surface area contributed by atoms with E-state index in [0.29, 0.717) is 5.56 Å². The first-order chi connectivity index (χ1) is 15.9. The van der Waals surface area contributed by atoms with E-state index < -0.39 is 29.1 Å². The van der Waals surface area contributed by atoms with Gasteiger partial charge in [-0.2, -0.15) is 0 Å². The summed E-state index contributed by atoms with van der Waals surface area (Å²) in [5.74, 6) is -5.56. The van der Waals surface area contributed by atoms with Gasteiger partial charge in [0.2, 0.25) is 0 Å². The number of hydrogen-bond donors (Lipinski definition) is 0. The summed E-state index contributed by atoms with van der Waals surface area (Å²) in [5, 5.41) is 0. The molecule has 0 nitrogen and oxygen atoms in total. The second-order valence-electron chi connectivity index (χ2n) is 7.56. The lowest BCUT2D eigenvalue weighted by atomic mass is 9.97. The van der Waals surface area contributed by atoms with E-state index in [2.05, 4.69) is 0 Å². The molecule has 0 radical (unpaired) electrons. The highest BCUT2D eigenvalue weighted by Crippen LogP contribution is 2.30. The van der Waals surface area contributed by atoms with Crippen LogP contribution in [0.4, 0.5) is 22.0 Å². The molecule has 0 amide bonds. The third-order valence-corrected chi connectivity index (χ3v) is 5.44. The Balaban J connectivity index is 1.54. The molecule has 0 saturated carbocycles. The van der Waals surface area contributed by atoms with E-state index in [0.717, 1.165) is 34.4 Å².